The standard InChI is InChI=1S/C21H16F4N4O3/c1-12-16(11-26-29(12)15-4-2-3-13(9-15)21(23,24)25)19(30)27-18-10-14(5-6-17(18)22)28-7-8-32-20(28)31/h2-6,9-11H,7-8H2,1H3,(H,27,30). The van der Waals surface area contributed by atoms with Gasteiger partial charge in [0.15, 0.2) is 0 Å². The lowest BCUT2D eigenvalue weighted by molar-refractivity contribution is -0.137. The highest BCUT2D eigenvalue weighted by molar-refractivity contribution is 6.05. The molecule has 0 aliphatic carbocycles. The molecule has 3 aromatic rings. The van der Waals surface area contributed by atoms with Crippen LogP contribution in [0, 0.1) is 12.7 Å². The normalized spacial score (nSPS) is 13.9. The molecule has 0 bridgehead atoms. The van der Waals surface area contributed by atoms with Gasteiger partial charge in [-0.15, -0.1) is 0 Å². The summed E-state index contributed by atoms with van der Waals surface area (Å²) in [6, 6.07) is 8.30. The second kappa shape index (κ2) is 7.98. The summed E-state index contributed by atoms with van der Waals surface area (Å²) < 4.78 is 59.3. The maximum absolute atomic E-state index is 14.3. The maximum atomic E-state index is 14.3. The fourth-order valence-corrected chi connectivity index (χ4v) is 3.30. The number of nitrogens with one attached hydrogen (secondary N) is 1. The van der Waals surface area contributed by atoms with Crippen molar-refractivity contribution in [1.29, 1.82) is 0 Å². The van der Waals surface area contributed by atoms with E-state index in [0.717, 1.165) is 18.2 Å². The molecule has 0 atom stereocenters. The smallest absolute Gasteiger partial charge is 0.416 e. The van der Waals surface area contributed by atoms with Gasteiger partial charge in [0.25, 0.3) is 5.91 Å². The number of cyclic esters (lactones) is 1. The van der Waals surface area contributed by atoms with Gasteiger partial charge in [-0.05, 0) is 43.3 Å². The number of carbonyl (C=O) groups is 2. The number of amides is 2. The minimum Gasteiger partial charge on any atom is -0.447 e. The van der Waals surface area contributed by atoms with Gasteiger partial charge >= 0.3 is 12.3 Å². The van der Waals surface area contributed by atoms with E-state index in [1.54, 1.807) is 0 Å². The molecule has 11 heteroatoms. The quantitative estimate of drug-likeness (QED) is 0.595. The van der Waals surface area contributed by atoms with Crippen LogP contribution in [0.3, 0.4) is 0 Å². The van der Waals surface area contributed by atoms with Crippen molar-refractivity contribution < 1.29 is 31.9 Å². The van der Waals surface area contributed by atoms with Crippen LogP contribution in [0.4, 0.5) is 33.7 Å². The van der Waals surface area contributed by atoms with Crippen LogP contribution in [0.1, 0.15) is 21.6 Å². The number of carbonyl (C=O) groups excluding carboxylic acids is 2. The lowest BCUT2D eigenvalue weighted by Gasteiger charge is -2.15. The largest absolute Gasteiger partial charge is 0.447 e. The monoisotopic (exact) mass is 448 g/mol. The molecule has 32 heavy (non-hydrogen) atoms. The van der Waals surface area contributed by atoms with Crippen LogP contribution in [-0.4, -0.2) is 34.9 Å². The minimum absolute atomic E-state index is 0.0489. The van der Waals surface area contributed by atoms with Crippen molar-refractivity contribution in [3.8, 4) is 5.69 Å². The molecule has 0 saturated carbocycles. The molecule has 1 N–H and O–H groups in total. The number of benzene rings is 2. The van der Waals surface area contributed by atoms with Crippen molar-refractivity contribution in [2.75, 3.05) is 23.4 Å². The number of alkyl halides is 3. The van der Waals surface area contributed by atoms with Crippen LogP contribution in [0.15, 0.2) is 48.7 Å². The van der Waals surface area contributed by atoms with Gasteiger partial charge in [-0.2, -0.15) is 18.3 Å². The van der Waals surface area contributed by atoms with Crippen molar-refractivity contribution in [3.63, 3.8) is 0 Å². The second-order valence-corrected chi connectivity index (χ2v) is 6.99. The molecule has 4 rings (SSSR count). The molecule has 0 spiro atoms. The van der Waals surface area contributed by atoms with Gasteiger partial charge in [0.05, 0.1) is 40.9 Å². The van der Waals surface area contributed by atoms with Crippen LogP contribution in [0.5, 0.6) is 0 Å². The van der Waals surface area contributed by atoms with Gasteiger partial charge in [-0.1, -0.05) is 6.07 Å². The Morgan fingerprint density at radius 3 is 2.62 bits per heavy atom. The lowest BCUT2D eigenvalue weighted by atomic mass is 10.2. The van der Waals surface area contributed by atoms with Crippen LogP contribution in [-0.2, 0) is 10.9 Å². The molecule has 1 aromatic heterocycles. The molecule has 1 saturated heterocycles. The third-order valence-corrected chi connectivity index (χ3v) is 4.94. The number of aromatic nitrogens is 2. The van der Waals surface area contributed by atoms with E-state index >= 15 is 0 Å². The van der Waals surface area contributed by atoms with Crippen LogP contribution >= 0.6 is 0 Å². The maximum Gasteiger partial charge on any atom is 0.416 e. The molecule has 1 aliphatic rings. The minimum atomic E-state index is -4.53. The fraction of sp³-hybridized carbons (Fsp3) is 0.190. The lowest BCUT2D eigenvalue weighted by Crippen LogP contribution is -2.23. The zero-order valence-corrected chi connectivity index (χ0v) is 16.6. The first-order chi connectivity index (χ1) is 15.1. The molecule has 0 radical (unpaired) electrons. The Bertz CT molecular complexity index is 1210. The molecule has 2 heterocycles. The number of halogens is 4. The summed E-state index contributed by atoms with van der Waals surface area (Å²) in [6.07, 6.45) is -3.92. The highest BCUT2D eigenvalue weighted by Crippen LogP contribution is 2.31. The Kier molecular flexibility index (Phi) is 5.33. The highest BCUT2D eigenvalue weighted by Gasteiger charge is 2.31. The van der Waals surface area contributed by atoms with E-state index in [9.17, 15) is 27.2 Å². The number of rotatable bonds is 4. The fourth-order valence-electron chi connectivity index (χ4n) is 3.30. The molecular formula is C21H16F4N4O3. The van der Waals surface area contributed by atoms with Gasteiger partial charge in [-0.3, -0.25) is 9.69 Å². The number of hydrogen-bond acceptors (Lipinski definition) is 4. The van der Waals surface area contributed by atoms with E-state index in [2.05, 4.69) is 10.4 Å². The third-order valence-electron chi connectivity index (χ3n) is 4.94. The van der Waals surface area contributed by atoms with Crippen molar-refractivity contribution >= 4 is 23.4 Å². The predicted octanol–water partition coefficient (Wildman–Crippen LogP) is 4.55. The molecule has 2 aromatic carbocycles. The Morgan fingerprint density at radius 2 is 1.94 bits per heavy atom. The van der Waals surface area contributed by atoms with Gasteiger partial charge in [0, 0.05) is 5.69 Å². The van der Waals surface area contributed by atoms with Crippen molar-refractivity contribution in [3.05, 3.63) is 71.3 Å². The van der Waals surface area contributed by atoms with E-state index in [0.29, 0.717) is 12.2 Å². The SMILES string of the molecule is Cc1c(C(=O)Nc2cc(N3CCOC3=O)ccc2F)cnn1-c1cccc(C(F)(F)F)c1. The molecule has 1 fully saturated rings. The second-order valence-electron chi connectivity index (χ2n) is 6.99. The zero-order valence-electron chi connectivity index (χ0n) is 16.6. The highest BCUT2D eigenvalue weighted by atomic mass is 19.4. The number of ether oxygens (including phenoxy) is 1. The molecule has 166 valence electrons. The van der Waals surface area contributed by atoms with E-state index < -0.39 is 29.6 Å². The van der Waals surface area contributed by atoms with E-state index in [1.165, 1.54) is 47.0 Å². The van der Waals surface area contributed by atoms with E-state index in [1.807, 2.05) is 0 Å². The van der Waals surface area contributed by atoms with Crippen molar-refractivity contribution in [1.82, 2.24) is 9.78 Å². The van der Waals surface area contributed by atoms with Gasteiger partial charge in [0.1, 0.15) is 12.4 Å². The van der Waals surface area contributed by atoms with Gasteiger partial charge in [0.2, 0.25) is 0 Å². The third kappa shape index (κ3) is 4.01. The first kappa shape index (κ1) is 21.3. The van der Waals surface area contributed by atoms with Gasteiger partial charge in [-0.25, -0.2) is 13.9 Å². The van der Waals surface area contributed by atoms with E-state index in [4.69, 9.17) is 4.74 Å². The van der Waals surface area contributed by atoms with E-state index in [-0.39, 0.29) is 29.2 Å². The summed E-state index contributed by atoms with van der Waals surface area (Å²) >= 11 is 0. The molecule has 0 unspecified atom stereocenters. The summed E-state index contributed by atoms with van der Waals surface area (Å²) in [4.78, 5) is 25.8. The number of anilines is 2. The molecular weight excluding hydrogens is 432 g/mol. The number of hydrogen-bond donors (Lipinski definition) is 1. The predicted molar refractivity (Wildman–Crippen MR) is 106 cm³/mol. The summed E-state index contributed by atoms with van der Waals surface area (Å²) in [5, 5.41) is 6.43. The van der Waals surface area contributed by atoms with Crippen LogP contribution in [0.2, 0.25) is 0 Å². The van der Waals surface area contributed by atoms with Crippen molar-refractivity contribution in [2.45, 2.75) is 13.1 Å². The summed E-state index contributed by atoms with van der Waals surface area (Å²) in [7, 11) is 0. The summed E-state index contributed by atoms with van der Waals surface area (Å²) in [5.74, 6) is -1.43. The zero-order chi connectivity index (χ0) is 23.0. The van der Waals surface area contributed by atoms with Crippen molar-refractivity contribution in [2.24, 2.45) is 0 Å². The van der Waals surface area contributed by atoms with Gasteiger partial charge < -0.3 is 10.1 Å². The Hall–Kier alpha value is -3.89. The molecule has 2 amide bonds. The molecule has 7 nitrogen and oxygen atoms in total. The Labute approximate surface area is 179 Å². The Morgan fingerprint density at radius 1 is 1.16 bits per heavy atom. The van der Waals surface area contributed by atoms with Crippen LogP contribution < -0.4 is 10.2 Å². The average Bonchev–Trinajstić information content (AvgIpc) is 3.34. The summed E-state index contributed by atoms with van der Waals surface area (Å²) in [5.41, 5.74) is -0.236. The topological polar surface area (TPSA) is 76.5 Å². The summed E-state index contributed by atoms with van der Waals surface area (Å²) in [6.45, 7) is 2.00. The first-order valence-electron chi connectivity index (χ1n) is 9.42. The first-order valence-corrected chi connectivity index (χ1v) is 9.42. The molecule has 1 aliphatic heterocycles. The number of nitrogens with zero attached hydrogens (tertiary/aromatic N) is 3. The van der Waals surface area contributed by atoms with Crippen LogP contribution in [0.25, 0.3) is 5.69 Å². The Balaban J connectivity index is 1.60. The average molecular weight is 448 g/mol.